The summed E-state index contributed by atoms with van der Waals surface area (Å²) in [5.74, 6) is 1.68. The molecule has 1 N–H and O–H groups in total. The van der Waals surface area contributed by atoms with Crippen LogP contribution in [-0.4, -0.2) is 63.1 Å². The second-order valence-electron chi connectivity index (χ2n) is 5.97. The maximum absolute atomic E-state index is 4.43. The summed E-state index contributed by atoms with van der Waals surface area (Å²) < 4.78 is 0. The third-order valence-corrected chi connectivity index (χ3v) is 4.04. The van der Waals surface area contributed by atoms with Gasteiger partial charge in [-0.2, -0.15) is 0 Å². The Kier molecular flexibility index (Phi) is 8.78. The van der Waals surface area contributed by atoms with Crippen molar-refractivity contribution in [1.82, 2.24) is 15.1 Å². The van der Waals surface area contributed by atoms with Crippen molar-refractivity contribution >= 4 is 29.9 Å². The molecule has 0 saturated carbocycles. The van der Waals surface area contributed by atoms with Crippen LogP contribution in [0.4, 0.5) is 0 Å². The third-order valence-electron chi connectivity index (χ3n) is 4.04. The van der Waals surface area contributed by atoms with Crippen LogP contribution in [0.1, 0.15) is 24.3 Å². The van der Waals surface area contributed by atoms with Gasteiger partial charge in [-0.05, 0) is 39.0 Å². The summed E-state index contributed by atoms with van der Waals surface area (Å²) in [5.41, 5.74) is 1.45. The number of benzene rings is 1. The Morgan fingerprint density at radius 2 is 2.05 bits per heavy atom. The van der Waals surface area contributed by atoms with E-state index in [0.29, 0.717) is 5.92 Å². The summed E-state index contributed by atoms with van der Waals surface area (Å²) in [5, 5.41) is 3.49. The second kappa shape index (κ2) is 10.0. The van der Waals surface area contributed by atoms with E-state index in [2.05, 4.69) is 64.5 Å². The third kappa shape index (κ3) is 5.76. The minimum Gasteiger partial charge on any atom is -0.356 e. The van der Waals surface area contributed by atoms with E-state index < -0.39 is 0 Å². The van der Waals surface area contributed by atoms with Crippen molar-refractivity contribution in [1.29, 1.82) is 0 Å². The molecule has 1 heterocycles. The summed E-state index contributed by atoms with van der Waals surface area (Å²) in [6, 6.07) is 10.8. The molecule has 1 atom stereocenters. The molecule has 1 unspecified atom stereocenters. The highest BCUT2D eigenvalue weighted by Gasteiger charge is 2.25. The molecule has 1 aromatic rings. The molecule has 4 nitrogen and oxygen atoms in total. The highest BCUT2D eigenvalue weighted by atomic mass is 127. The normalized spacial score (nSPS) is 18.5. The maximum atomic E-state index is 4.43. The van der Waals surface area contributed by atoms with E-state index in [1.54, 1.807) is 0 Å². The van der Waals surface area contributed by atoms with Crippen LogP contribution in [-0.2, 0) is 0 Å². The highest BCUT2D eigenvalue weighted by molar-refractivity contribution is 14.0. The van der Waals surface area contributed by atoms with Crippen LogP contribution in [0.15, 0.2) is 35.3 Å². The fourth-order valence-corrected chi connectivity index (χ4v) is 2.88. The number of hydrogen-bond donors (Lipinski definition) is 1. The van der Waals surface area contributed by atoms with E-state index in [9.17, 15) is 0 Å². The van der Waals surface area contributed by atoms with E-state index in [1.807, 2.05) is 7.05 Å². The number of aliphatic imine (C=N–C) groups is 1. The van der Waals surface area contributed by atoms with Gasteiger partial charge in [-0.25, -0.2) is 0 Å². The predicted molar refractivity (Wildman–Crippen MR) is 105 cm³/mol. The van der Waals surface area contributed by atoms with Gasteiger partial charge in [-0.1, -0.05) is 30.3 Å². The van der Waals surface area contributed by atoms with E-state index in [-0.39, 0.29) is 24.0 Å². The first kappa shape index (κ1) is 19.2. The smallest absolute Gasteiger partial charge is 0.193 e. The molecule has 1 aliphatic rings. The van der Waals surface area contributed by atoms with Gasteiger partial charge in [0.05, 0.1) is 0 Å². The molecule has 0 aliphatic carbocycles. The summed E-state index contributed by atoms with van der Waals surface area (Å²) in [7, 11) is 6.10. The van der Waals surface area contributed by atoms with Crippen LogP contribution in [0, 0.1) is 0 Å². The fourth-order valence-electron chi connectivity index (χ4n) is 2.88. The van der Waals surface area contributed by atoms with Crippen LogP contribution in [0.5, 0.6) is 0 Å². The molecular weight excluding hydrogens is 387 g/mol. The Bertz CT molecular complexity index is 447. The molecule has 0 radical (unpaired) electrons. The molecule has 0 spiro atoms. The number of likely N-dealkylation sites (tertiary alicyclic amines) is 1. The van der Waals surface area contributed by atoms with Gasteiger partial charge in [0.25, 0.3) is 0 Å². The van der Waals surface area contributed by atoms with Gasteiger partial charge in [-0.15, -0.1) is 24.0 Å². The standard InChI is InChI=1S/C17H28N4.HI/c1-18-17(19-11-7-12-20(2)3)21-13-10-16(14-21)15-8-5-4-6-9-15;/h4-6,8-9,16H,7,10-14H2,1-3H3,(H,18,19);1H. The number of nitrogens with zero attached hydrogens (tertiary/aromatic N) is 3. The van der Waals surface area contributed by atoms with E-state index in [0.717, 1.165) is 38.6 Å². The average molecular weight is 416 g/mol. The van der Waals surface area contributed by atoms with Crippen molar-refractivity contribution in [3.8, 4) is 0 Å². The number of halogens is 1. The van der Waals surface area contributed by atoms with Gasteiger partial charge < -0.3 is 15.1 Å². The van der Waals surface area contributed by atoms with Gasteiger partial charge >= 0.3 is 0 Å². The maximum Gasteiger partial charge on any atom is 0.193 e. The molecule has 1 aromatic carbocycles. The van der Waals surface area contributed by atoms with Crippen LogP contribution in [0.25, 0.3) is 0 Å². The minimum atomic E-state index is 0. The van der Waals surface area contributed by atoms with Crippen LogP contribution in [0.2, 0.25) is 0 Å². The van der Waals surface area contributed by atoms with Crippen LogP contribution in [0.3, 0.4) is 0 Å². The Morgan fingerprint density at radius 1 is 1.32 bits per heavy atom. The Balaban J connectivity index is 0.00000242. The molecule has 0 amide bonds. The van der Waals surface area contributed by atoms with Crippen molar-refractivity contribution in [3.63, 3.8) is 0 Å². The molecular formula is C17H29IN4. The summed E-state index contributed by atoms with van der Waals surface area (Å²) in [6.07, 6.45) is 2.35. The van der Waals surface area contributed by atoms with Crippen molar-refractivity contribution in [2.75, 3.05) is 47.3 Å². The summed E-state index contributed by atoms with van der Waals surface area (Å²) in [4.78, 5) is 9.03. The van der Waals surface area contributed by atoms with Gasteiger partial charge in [0.2, 0.25) is 0 Å². The first-order valence-corrected chi connectivity index (χ1v) is 7.86. The molecule has 1 fully saturated rings. The topological polar surface area (TPSA) is 30.9 Å². The zero-order valence-electron chi connectivity index (χ0n) is 14.0. The molecule has 1 aliphatic heterocycles. The van der Waals surface area contributed by atoms with Gasteiger partial charge in [-0.3, -0.25) is 4.99 Å². The molecule has 22 heavy (non-hydrogen) atoms. The average Bonchev–Trinajstić information content (AvgIpc) is 2.98. The summed E-state index contributed by atoms with van der Waals surface area (Å²) >= 11 is 0. The molecule has 0 bridgehead atoms. The zero-order chi connectivity index (χ0) is 15.1. The van der Waals surface area contributed by atoms with Gasteiger partial charge in [0, 0.05) is 32.6 Å². The van der Waals surface area contributed by atoms with E-state index in [1.165, 1.54) is 12.0 Å². The number of nitrogens with one attached hydrogen (secondary N) is 1. The lowest BCUT2D eigenvalue weighted by atomic mass is 9.99. The minimum absolute atomic E-state index is 0. The quantitative estimate of drug-likeness (QED) is 0.347. The molecule has 2 rings (SSSR count). The lowest BCUT2D eigenvalue weighted by Crippen LogP contribution is -2.40. The molecule has 1 saturated heterocycles. The van der Waals surface area contributed by atoms with Crippen LogP contribution >= 0.6 is 24.0 Å². The lowest BCUT2D eigenvalue weighted by Gasteiger charge is -2.22. The van der Waals surface area contributed by atoms with E-state index >= 15 is 0 Å². The largest absolute Gasteiger partial charge is 0.356 e. The van der Waals surface area contributed by atoms with Crippen molar-refractivity contribution in [2.24, 2.45) is 4.99 Å². The molecule has 5 heteroatoms. The first-order chi connectivity index (χ1) is 10.2. The fraction of sp³-hybridized carbons (Fsp3) is 0.588. The van der Waals surface area contributed by atoms with Gasteiger partial charge in [0.1, 0.15) is 0 Å². The Labute approximate surface area is 152 Å². The highest BCUT2D eigenvalue weighted by Crippen LogP contribution is 2.26. The SMILES string of the molecule is CN=C(NCCCN(C)C)N1CCC(c2ccccc2)C1.I. The predicted octanol–water partition coefficient (Wildman–Crippen LogP) is 2.62. The number of guanidine groups is 1. The zero-order valence-corrected chi connectivity index (χ0v) is 16.3. The van der Waals surface area contributed by atoms with Crippen molar-refractivity contribution < 1.29 is 0 Å². The Hall–Kier alpha value is -0.820. The van der Waals surface area contributed by atoms with Crippen LogP contribution < -0.4 is 5.32 Å². The summed E-state index contributed by atoms with van der Waals surface area (Å²) in [6.45, 7) is 4.25. The van der Waals surface area contributed by atoms with Crippen molar-refractivity contribution in [3.05, 3.63) is 35.9 Å². The molecule has 124 valence electrons. The molecule has 0 aromatic heterocycles. The van der Waals surface area contributed by atoms with Crippen molar-refractivity contribution in [2.45, 2.75) is 18.8 Å². The van der Waals surface area contributed by atoms with Gasteiger partial charge in [0.15, 0.2) is 5.96 Å². The van der Waals surface area contributed by atoms with E-state index in [4.69, 9.17) is 0 Å². The lowest BCUT2D eigenvalue weighted by molar-refractivity contribution is 0.396. The first-order valence-electron chi connectivity index (χ1n) is 7.86. The second-order valence-corrected chi connectivity index (χ2v) is 5.97. The Morgan fingerprint density at radius 3 is 2.68 bits per heavy atom. The monoisotopic (exact) mass is 416 g/mol. The number of hydrogen-bond acceptors (Lipinski definition) is 2. The number of rotatable bonds is 5.